The predicted molar refractivity (Wildman–Crippen MR) is 66.0 cm³/mol. The van der Waals surface area contributed by atoms with Crippen LogP contribution in [0.4, 0.5) is 0 Å². The van der Waals surface area contributed by atoms with Gasteiger partial charge in [0.05, 0.1) is 0 Å². The Morgan fingerprint density at radius 1 is 1.40 bits per heavy atom. The van der Waals surface area contributed by atoms with Crippen LogP contribution in [0.3, 0.4) is 0 Å². The van der Waals surface area contributed by atoms with Crippen molar-refractivity contribution < 1.29 is 0 Å². The molecule has 0 aromatic carbocycles. The first-order valence-corrected chi connectivity index (χ1v) is 6.74. The maximum Gasteiger partial charge on any atom is 0.0330 e. The first-order chi connectivity index (χ1) is 7.40. The van der Waals surface area contributed by atoms with Gasteiger partial charge >= 0.3 is 0 Å². The highest BCUT2D eigenvalue weighted by Gasteiger charge is 2.28. The molecule has 1 fully saturated rings. The second-order valence-electron chi connectivity index (χ2n) is 4.28. The van der Waals surface area contributed by atoms with E-state index in [2.05, 4.69) is 22.4 Å². The number of nitrogens with zero attached hydrogens (tertiary/aromatic N) is 1. The van der Waals surface area contributed by atoms with E-state index in [0.717, 1.165) is 25.6 Å². The molecular weight excluding hydrogens is 204 g/mol. The van der Waals surface area contributed by atoms with Crippen LogP contribution in [0.15, 0.2) is 17.5 Å². The summed E-state index contributed by atoms with van der Waals surface area (Å²) in [5.74, 6) is 0. The van der Waals surface area contributed by atoms with Crippen molar-refractivity contribution in [2.24, 2.45) is 5.73 Å². The number of nitrogens with two attached hydrogens (primary N) is 1. The summed E-state index contributed by atoms with van der Waals surface area (Å²) in [7, 11) is 0. The molecular formula is C12H20N2S. The Bertz CT molecular complexity index is 267. The number of hydrogen-bond acceptors (Lipinski definition) is 3. The van der Waals surface area contributed by atoms with Gasteiger partial charge in [-0.1, -0.05) is 6.07 Å². The molecule has 0 radical (unpaired) electrons. The number of thiophene rings is 1. The van der Waals surface area contributed by atoms with E-state index >= 15 is 0 Å². The Morgan fingerprint density at radius 3 is 2.87 bits per heavy atom. The van der Waals surface area contributed by atoms with E-state index in [9.17, 15) is 0 Å². The van der Waals surface area contributed by atoms with Gasteiger partial charge in [0.15, 0.2) is 0 Å². The average molecular weight is 224 g/mol. The molecule has 1 aliphatic carbocycles. The molecule has 2 rings (SSSR count). The third-order valence-electron chi connectivity index (χ3n) is 2.90. The minimum atomic E-state index is 0.831. The van der Waals surface area contributed by atoms with Gasteiger partial charge in [-0.15, -0.1) is 11.3 Å². The van der Waals surface area contributed by atoms with Crippen LogP contribution in [0.5, 0.6) is 0 Å². The van der Waals surface area contributed by atoms with Crippen molar-refractivity contribution in [3.63, 3.8) is 0 Å². The highest BCUT2D eigenvalue weighted by Crippen LogP contribution is 2.29. The minimum Gasteiger partial charge on any atom is -0.330 e. The zero-order valence-corrected chi connectivity index (χ0v) is 10.0. The molecule has 1 heterocycles. The zero-order valence-electron chi connectivity index (χ0n) is 9.19. The van der Waals surface area contributed by atoms with E-state index < -0.39 is 0 Å². The minimum absolute atomic E-state index is 0.831. The average Bonchev–Trinajstić information content (AvgIpc) is 2.97. The van der Waals surface area contributed by atoms with E-state index in [1.807, 2.05) is 11.3 Å². The lowest BCUT2D eigenvalue weighted by Crippen LogP contribution is -2.26. The molecule has 0 aliphatic heterocycles. The third kappa shape index (κ3) is 3.59. The first-order valence-electron chi connectivity index (χ1n) is 5.86. The fourth-order valence-electron chi connectivity index (χ4n) is 1.89. The van der Waals surface area contributed by atoms with Crippen molar-refractivity contribution >= 4 is 11.3 Å². The van der Waals surface area contributed by atoms with Crippen LogP contribution >= 0.6 is 11.3 Å². The second-order valence-corrected chi connectivity index (χ2v) is 5.31. The van der Waals surface area contributed by atoms with Crippen LogP contribution in [0.25, 0.3) is 0 Å². The lowest BCUT2D eigenvalue weighted by molar-refractivity contribution is 0.252. The van der Waals surface area contributed by atoms with Gasteiger partial charge < -0.3 is 5.73 Å². The molecule has 2 N–H and O–H groups in total. The Kier molecular flexibility index (Phi) is 4.18. The number of hydrogen-bond donors (Lipinski definition) is 1. The topological polar surface area (TPSA) is 29.3 Å². The van der Waals surface area contributed by atoms with Crippen molar-refractivity contribution in [3.8, 4) is 0 Å². The molecule has 0 saturated heterocycles. The monoisotopic (exact) mass is 224 g/mol. The standard InChI is InChI=1S/C12H20N2S/c13-7-1-2-8-14(11-5-6-11)10-12-4-3-9-15-12/h3-4,9,11H,1-2,5-8,10,13H2. The summed E-state index contributed by atoms with van der Waals surface area (Å²) in [5.41, 5.74) is 5.53. The van der Waals surface area contributed by atoms with Crippen molar-refractivity contribution in [1.82, 2.24) is 4.90 Å². The normalized spacial score (nSPS) is 16.1. The lowest BCUT2D eigenvalue weighted by Gasteiger charge is -2.20. The molecule has 0 spiro atoms. The highest BCUT2D eigenvalue weighted by atomic mass is 32.1. The molecule has 3 heteroatoms. The number of unbranched alkanes of at least 4 members (excludes halogenated alkanes) is 1. The van der Waals surface area contributed by atoms with Crippen molar-refractivity contribution in [2.75, 3.05) is 13.1 Å². The van der Waals surface area contributed by atoms with Crippen LogP contribution in [0.2, 0.25) is 0 Å². The van der Waals surface area contributed by atoms with E-state index in [0.29, 0.717) is 0 Å². The summed E-state index contributed by atoms with van der Waals surface area (Å²) in [6.07, 6.45) is 5.20. The maximum absolute atomic E-state index is 5.53. The first kappa shape index (κ1) is 11.1. The van der Waals surface area contributed by atoms with E-state index in [1.54, 1.807) is 0 Å². The highest BCUT2D eigenvalue weighted by molar-refractivity contribution is 7.09. The van der Waals surface area contributed by atoms with Gasteiger partial charge in [-0.25, -0.2) is 0 Å². The molecule has 0 unspecified atom stereocenters. The SMILES string of the molecule is NCCCCN(Cc1cccs1)C1CC1. The number of rotatable bonds is 7. The summed E-state index contributed by atoms with van der Waals surface area (Å²) in [6, 6.07) is 5.25. The van der Waals surface area contributed by atoms with Crippen LogP contribution in [0.1, 0.15) is 30.6 Å². The third-order valence-corrected chi connectivity index (χ3v) is 3.76. The Balaban J connectivity index is 1.78. The van der Waals surface area contributed by atoms with Gasteiger partial charge in [0.25, 0.3) is 0 Å². The summed E-state index contributed by atoms with van der Waals surface area (Å²) in [5, 5.41) is 2.17. The summed E-state index contributed by atoms with van der Waals surface area (Å²) in [6.45, 7) is 3.20. The summed E-state index contributed by atoms with van der Waals surface area (Å²) in [4.78, 5) is 4.12. The molecule has 1 aliphatic rings. The summed E-state index contributed by atoms with van der Waals surface area (Å²) >= 11 is 1.87. The van der Waals surface area contributed by atoms with E-state index in [4.69, 9.17) is 5.73 Å². The fourth-order valence-corrected chi connectivity index (χ4v) is 2.62. The van der Waals surface area contributed by atoms with Gasteiger partial charge in [-0.05, 0) is 50.2 Å². The molecule has 84 valence electrons. The maximum atomic E-state index is 5.53. The molecule has 1 aromatic rings. The Labute approximate surface area is 96.1 Å². The van der Waals surface area contributed by atoms with Crippen LogP contribution in [-0.2, 0) is 6.54 Å². The van der Waals surface area contributed by atoms with Gasteiger partial charge in [0, 0.05) is 17.5 Å². The van der Waals surface area contributed by atoms with Gasteiger partial charge in [0.2, 0.25) is 0 Å². The van der Waals surface area contributed by atoms with Crippen LogP contribution < -0.4 is 5.73 Å². The molecule has 1 saturated carbocycles. The van der Waals surface area contributed by atoms with Crippen LogP contribution in [-0.4, -0.2) is 24.0 Å². The van der Waals surface area contributed by atoms with Gasteiger partial charge in [-0.3, -0.25) is 4.90 Å². The Morgan fingerprint density at radius 2 is 2.27 bits per heavy atom. The van der Waals surface area contributed by atoms with E-state index in [-0.39, 0.29) is 0 Å². The van der Waals surface area contributed by atoms with Gasteiger partial charge in [-0.2, -0.15) is 0 Å². The van der Waals surface area contributed by atoms with Crippen molar-refractivity contribution in [3.05, 3.63) is 22.4 Å². The molecule has 0 atom stereocenters. The largest absolute Gasteiger partial charge is 0.330 e. The fraction of sp³-hybridized carbons (Fsp3) is 0.667. The zero-order chi connectivity index (χ0) is 10.5. The quantitative estimate of drug-likeness (QED) is 0.721. The van der Waals surface area contributed by atoms with Crippen LogP contribution in [0, 0.1) is 0 Å². The van der Waals surface area contributed by atoms with E-state index in [1.165, 1.54) is 30.7 Å². The molecule has 1 aromatic heterocycles. The predicted octanol–water partition coefficient (Wildman–Crippen LogP) is 2.45. The van der Waals surface area contributed by atoms with Crippen molar-refractivity contribution in [1.29, 1.82) is 0 Å². The summed E-state index contributed by atoms with van der Waals surface area (Å²) < 4.78 is 0. The Hall–Kier alpha value is -0.380. The molecule has 0 amide bonds. The lowest BCUT2D eigenvalue weighted by atomic mass is 10.3. The molecule has 15 heavy (non-hydrogen) atoms. The van der Waals surface area contributed by atoms with Crippen molar-refractivity contribution in [2.45, 2.75) is 38.3 Å². The molecule has 0 bridgehead atoms. The molecule has 2 nitrogen and oxygen atoms in total. The van der Waals surface area contributed by atoms with Gasteiger partial charge in [0.1, 0.15) is 0 Å². The second kappa shape index (κ2) is 5.64. The smallest absolute Gasteiger partial charge is 0.0330 e.